The molecule has 0 N–H and O–H groups in total. The first-order valence-corrected chi connectivity index (χ1v) is 23.3. The second-order valence-corrected chi connectivity index (χ2v) is 18.8. The molecule has 0 bridgehead atoms. The van der Waals surface area contributed by atoms with E-state index in [9.17, 15) is 0 Å². The van der Waals surface area contributed by atoms with Crippen molar-refractivity contribution < 1.29 is 21.2 Å². The Morgan fingerprint density at radius 1 is 0.317 bits per heavy atom. The number of para-hydroxylation sites is 2. The molecule has 0 saturated heterocycles. The van der Waals surface area contributed by atoms with Gasteiger partial charge < -0.3 is 0 Å². The van der Waals surface area contributed by atoms with E-state index in [-0.39, 0.29) is 21.2 Å². The van der Waals surface area contributed by atoms with Crippen molar-refractivity contribution in [3.8, 4) is 67.8 Å². The molecule has 5 nitrogen and oxygen atoms in total. The van der Waals surface area contributed by atoms with E-state index in [0.717, 1.165) is 33.4 Å². The van der Waals surface area contributed by atoms with Gasteiger partial charge in [0.05, 0.1) is 0 Å². The summed E-state index contributed by atoms with van der Waals surface area (Å²) in [6, 6.07) is 76.2. The molecule has 0 atom stereocenters. The standard InChI is InChI=1S/C57H35IN5/c1-3-15-36(16-4-1)55-59-56(37-17-5-2-6-18-37)61-57(60-55)40-19-13-20-41(33-40)62-49-26-11-9-23-44(49)47-34-38(30-32-51(47)62)39-29-31-45-43-22-8-12-27-50(43)63(53(45)35-39)52-28-14-24-46-42-21-7-10-25-48(42)58-54(46)52/h1-35H/q-1. The van der Waals surface area contributed by atoms with E-state index in [0.29, 0.717) is 17.5 Å². The molecule has 0 saturated carbocycles. The molecule has 3 aromatic heterocycles. The molecule has 0 amide bonds. The van der Waals surface area contributed by atoms with Crippen molar-refractivity contribution in [1.82, 2.24) is 24.1 Å². The van der Waals surface area contributed by atoms with Crippen LogP contribution < -0.4 is 21.2 Å². The molecule has 9 aromatic carbocycles. The van der Waals surface area contributed by atoms with E-state index < -0.39 is 0 Å². The molecule has 1 aliphatic rings. The van der Waals surface area contributed by atoms with E-state index in [1.54, 1.807) is 0 Å². The molecule has 0 spiro atoms. The van der Waals surface area contributed by atoms with Gasteiger partial charge in [-0.3, -0.25) is 0 Å². The summed E-state index contributed by atoms with van der Waals surface area (Å²) in [5.74, 6) is 1.92. The number of hydrogen-bond acceptors (Lipinski definition) is 3. The van der Waals surface area contributed by atoms with Crippen LogP contribution in [0, 0.1) is 7.14 Å². The molecule has 0 aliphatic carbocycles. The maximum atomic E-state index is 5.05. The Kier molecular flexibility index (Phi) is 8.27. The predicted molar refractivity (Wildman–Crippen MR) is 253 cm³/mol. The maximum absolute atomic E-state index is 5.05. The van der Waals surface area contributed by atoms with E-state index in [4.69, 9.17) is 15.0 Å². The average Bonchev–Trinajstić information content (AvgIpc) is 4.02. The summed E-state index contributed by atoms with van der Waals surface area (Å²) in [7, 11) is 0. The van der Waals surface area contributed by atoms with Crippen LogP contribution >= 0.6 is 0 Å². The molecule has 1 aliphatic heterocycles. The third-order valence-electron chi connectivity index (χ3n) is 12.3. The third-order valence-corrected chi connectivity index (χ3v) is 15.5. The Hall–Kier alpha value is -7.68. The first-order valence-electron chi connectivity index (χ1n) is 21.2. The Morgan fingerprint density at radius 2 is 0.857 bits per heavy atom. The zero-order chi connectivity index (χ0) is 41.4. The van der Waals surface area contributed by atoms with Crippen molar-refractivity contribution in [1.29, 1.82) is 0 Å². The van der Waals surface area contributed by atoms with Gasteiger partial charge in [-0.25, -0.2) is 15.0 Å². The molecule has 0 unspecified atom stereocenters. The first-order chi connectivity index (χ1) is 31.2. The largest absolute Gasteiger partial charge is 0.208 e. The number of benzene rings is 9. The summed E-state index contributed by atoms with van der Waals surface area (Å²) in [4.78, 5) is 15.0. The number of hydrogen-bond donors (Lipinski definition) is 0. The normalized spacial score (nSPS) is 12.2. The fraction of sp³-hybridized carbons (Fsp3) is 0. The van der Waals surface area contributed by atoms with Gasteiger partial charge in [-0.05, 0) is 12.1 Å². The molecule has 13 rings (SSSR count). The summed E-state index contributed by atoms with van der Waals surface area (Å²) >= 11 is -0.318. The Balaban J connectivity index is 0.948. The van der Waals surface area contributed by atoms with Crippen LogP contribution in [0.3, 0.4) is 0 Å². The number of aromatic nitrogens is 5. The van der Waals surface area contributed by atoms with Crippen molar-refractivity contribution in [2.45, 2.75) is 0 Å². The fourth-order valence-electron chi connectivity index (χ4n) is 9.43. The Labute approximate surface area is 373 Å². The predicted octanol–water partition coefficient (Wildman–Crippen LogP) is 10.8. The molecular formula is C57H35IN5-. The van der Waals surface area contributed by atoms with Crippen LogP contribution in [0.15, 0.2) is 212 Å². The number of fused-ring (bicyclic) bond motifs is 9. The first kappa shape index (κ1) is 36.0. The van der Waals surface area contributed by atoms with Crippen molar-refractivity contribution in [2.24, 2.45) is 0 Å². The van der Waals surface area contributed by atoms with Gasteiger partial charge in [0.2, 0.25) is 0 Å². The van der Waals surface area contributed by atoms with Crippen LogP contribution in [0.4, 0.5) is 0 Å². The van der Waals surface area contributed by atoms with E-state index in [2.05, 4.69) is 161 Å². The quantitative estimate of drug-likeness (QED) is 0.156. The van der Waals surface area contributed by atoms with Gasteiger partial charge in [0.25, 0.3) is 0 Å². The molecule has 4 heterocycles. The molecule has 296 valence electrons. The van der Waals surface area contributed by atoms with Crippen LogP contribution in [0.2, 0.25) is 0 Å². The minimum Gasteiger partial charge on any atom is -0.208 e. The van der Waals surface area contributed by atoms with Gasteiger partial charge in [-0.2, -0.15) is 0 Å². The molecular weight excluding hydrogens is 882 g/mol. The average molecular weight is 917 g/mol. The molecule has 0 fully saturated rings. The third kappa shape index (κ3) is 5.86. The van der Waals surface area contributed by atoms with Gasteiger partial charge in [-0.15, -0.1) is 0 Å². The second-order valence-electron chi connectivity index (χ2n) is 16.0. The van der Waals surface area contributed by atoms with Gasteiger partial charge in [0.1, 0.15) is 0 Å². The van der Waals surface area contributed by atoms with Crippen LogP contribution in [0.1, 0.15) is 0 Å². The van der Waals surface area contributed by atoms with E-state index in [1.165, 1.54) is 67.7 Å². The van der Waals surface area contributed by atoms with Crippen LogP contribution in [0.5, 0.6) is 0 Å². The Morgan fingerprint density at radius 3 is 1.62 bits per heavy atom. The summed E-state index contributed by atoms with van der Waals surface area (Å²) in [5.41, 5.74) is 15.1. The van der Waals surface area contributed by atoms with E-state index in [1.807, 2.05) is 60.7 Å². The zero-order valence-corrected chi connectivity index (χ0v) is 36.0. The molecule has 6 heteroatoms. The Bertz CT molecular complexity index is 3720. The summed E-state index contributed by atoms with van der Waals surface area (Å²) in [5, 5.41) is 4.95. The van der Waals surface area contributed by atoms with Crippen molar-refractivity contribution in [3.63, 3.8) is 0 Å². The van der Waals surface area contributed by atoms with Crippen LogP contribution in [-0.2, 0) is 0 Å². The summed E-state index contributed by atoms with van der Waals surface area (Å²) < 4.78 is 7.88. The minimum absolute atomic E-state index is 0.318. The second kappa shape index (κ2) is 14.5. The molecule has 12 aromatic rings. The molecule has 63 heavy (non-hydrogen) atoms. The minimum atomic E-state index is -0.318. The fourth-order valence-corrected chi connectivity index (χ4v) is 12.6. The van der Waals surface area contributed by atoms with Crippen molar-refractivity contribution in [2.75, 3.05) is 0 Å². The maximum Gasteiger partial charge on any atom is -0.0270 e. The van der Waals surface area contributed by atoms with E-state index >= 15 is 0 Å². The smallest absolute Gasteiger partial charge is 0.0270 e. The topological polar surface area (TPSA) is 48.5 Å². The number of nitrogens with zero attached hydrogens (tertiary/aromatic N) is 5. The van der Waals surface area contributed by atoms with Crippen molar-refractivity contribution in [3.05, 3.63) is 219 Å². The number of rotatable bonds is 6. The SMILES string of the molecule is c1ccc(-c2nc(-c3ccccc3)nc(-c3cccc(-n4c5ccccc5c5cc(-c6ccc7c8ccccc8n(-c8cccc9c8[I-]c8ccccc8-9)c7c6)ccc54)c3)n2)cc1. The summed E-state index contributed by atoms with van der Waals surface area (Å²) in [6.07, 6.45) is 0. The van der Waals surface area contributed by atoms with Gasteiger partial charge in [-0.1, -0.05) is 78.9 Å². The van der Waals surface area contributed by atoms with Gasteiger partial charge >= 0.3 is 236 Å². The summed E-state index contributed by atoms with van der Waals surface area (Å²) in [6.45, 7) is 0. The monoisotopic (exact) mass is 916 g/mol. The zero-order valence-electron chi connectivity index (χ0n) is 33.8. The molecule has 0 radical (unpaired) electrons. The van der Waals surface area contributed by atoms with Gasteiger partial charge in [0, 0.05) is 16.7 Å². The van der Waals surface area contributed by atoms with Gasteiger partial charge in [0.15, 0.2) is 17.5 Å². The number of halogens is 1. The van der Waals surface area contributed by atoms with Crippen LogP contribution in [-0.4, -0.2) is 24.1 Å². The van der Waals surface area contributed by atoms with Crippen molar-refractivity contribution >= 4 is 43.6 Å². The van der Waals surface area contributed by atoms with Crippen LogP contribution in [0.25, 0.3) is 111 Å².